The van der Waals surface area contributed by atoms with Gasteiger partial charge in [-0.25, -0.2) is 8.78 Å². The summed E-state index contributed by atoms with van der Waals surface area (Å²) in [5, 5.41) is 7.89. The fourth-order valence-corrected chi connectivity index (χ4v) is 4.25. The van der Waals surface area contributed by atoms with E-state index in [0.717, 1.165) is 18.4 Å². The molecule has 1 heterocycles. The number of nitrogens with one attached hydrogen (secondary N) is 1. The Balaban J connectivity index is 1.71. The largest absolute Gasteiger partial charge is 0.365 e. The topological polar surface area (TPSA) is 46.9 Å². The zero-order valence-corrected chi connectivity index (χ0v) is 16.8. The highest BCUT2D eigenvalue weighted by atomic mass is 19.1. The molecule has 6 heteroatoms. The molecule has 4 nitrogen and oxygen atoms in total. The van der Waals surface area contributed by atoms with Crippen molar-refractivity contribution in [2.24, 2.45) is 0 Å². The van der Waals surface area contributed by atoms with Crippen molar-refractivity contribution in [1.29, 1.82) is 0 Å². The number of halogens is 2. The van der Waals surface area contributed by atoms with Gasteiger partial charge in [-0.1, -0.05) is 43.0 Å². The van der Waals surface area contributed by atoms with E-state index in [0.29, 0.717) is 35.1 Å². The summed E-state index contributed by atoms with van der Waals surface area (Å²) in [5.41, 5.74) is 2.01. The lowest BCUT2D eigenvalue weighted by Crippen LogP contribution is -2.32. The number of aromatic nitrogens is 2. The Bertz CT molecular complexity index is 1180. The minimum absolute atomic E-state index is 0.324. The van der Waals surface area contributed by atoms with E-state index >= 15 is 0 Å². The molecule has 1 fully saturated rings. The molecule has 2 aliphatic carbocycles. The van der Waals surface area contributed by atoms with Crippen molar-refractivity contribution in [3.63, 3.8) is 0 Å². The van der Waals surface area contributed by atoms with Crippen LogP contribution < -0.4 is 5.32 Å². The molecular weight excluding hydrogens is 396 g/mol. The van der Waals surface area contributed by atoms with Crippen LogP contribution in [0.4, 0.5) is 14.6 Å². The van der Waals surface area contributed by atoms with Crippen molar-refractivity contribution in [2.75, 3.05) is 5.32 Å². The standard InChI is InChI=1S/C25H21F2N3O/c1-2-23(31)30-22-15-25(16-5-3-7-18(26)13-16,17-6-4-8-19(27)14-17)12-11-21(22)24(29-30)28-20-9-10-20/h2-8,11-14,20H,1,9-10,15H2,(H,28,29). The van der Waals surface area contributed by atoms with Gasteiger partial charge in [0, 0.05) is 23.4 Å². The van der Waals surface area contributed by atoms with Crippen molar-refractivity contribution in [3.8, 4) is 0 Å². The summed E-state index contributed by atoms with van der Waals surface area (Å²) in [6, 6.07) is 13.0. The average molecular weight is 417 g/mol. The van der Waals surface area contributed by atoms with Crippen molar-refractivity contribution in [3.05, 3.63) is 101 Å². The smallest absolute Gasteiger partial charge is 0.270 e. The Morgan fingerprint density at radius 2 is 1.77 bits per heavy atom. The number of rotatable bonds is 5. The van der Waals surface area contributed by atoms with Gasteiger partial charge in [0.25, 0.3) is 5.91 Å². The van der Waals surface area contributed by atoms with Gasteiger partial charge in [0.05, 0.1) is 5.69 Å². The molecule has 0 aliphatic heterocycles. The van der Waals surface area contributed by atoms with Crippen LogP contribution in [0.5, 0.6) is 0 Å². The number of carbonyl (C=O) groups excluding carboxylic acids is 1. The van der Waals surface area contributed by atoms with Gasteiger partial charge in [-0.15, -0.1) is 5.10 Å². The maximum atomic E-state index is 14.2. The maximum absolute atomic E-state index is 14.2. The van der Waals surface area contributed by atoms with Gasteiger partial charge in [0.1, 0.15) is 11.6 Å². The van der Waals surface area contributed by atoms with E-state index in [1.54, 1.807) is 12.1 Å². The van der Waals surface area contributed by atoms with Crippen LogP contribution in [0, 0.1) is 11.6 Å². The molecule has 156 valence electrons. The molecule has 0 spiro atoms. The number of fused-ring (bicyclic) bond motifs is 1. The summed E-state index contributed by atoms with van der Waals surface area (Å²) in [4.78, 5) is 12.6. The molecule has 0 radical (unpaired) electrons. The number of nitrogens with zero attached hydrogens (tertiary/aromatic N) is 2. The van der Waals surface area contributed by atoms with E-state index in [2.05, 4.69) is 17.0 Å². The minimum atomic E-state index is -0.854. The summed E-state index contributed by atoms with van der Waals surface area (Å²) in [6.07, 6.45) is 7.54. The van der Waals surface area contributed by atoms with Gasteiger partial charge in [-0.3, -0.25) is 4.79 Å². The molecule has 0 bridgehead atoms. The van der Waals surface area contributed by atoms with Crippen LogP contribution in [0.2, 0.25) is 0 Å². The Labute approximate surface area is 178 Å². The van der Waals surface area contributed by atoms with Crippen LogP contribution in [0.3, 0.4) is 0 Å². The van der Waals surface area contributed by atoms with Crippen LogP contribution in [-0.4, -0.2) is 21.7 Å². The summed E-state index contributed by atoms with van der Waals surface area (Å²) in [7, 11) is 0. The predicted octanol–water partition coefficient (Wildman–Crippen LogP) is 5.12. The average Bonchev–Trinajstić information content (AvgIpc) is 3.53. The zero-order chi connectivity index (χ0) is 21.6. The first-order chi connectivity index (χ1) is 15.0. The quantitative estimate of drug-likeness (QED) is 0.587. The lowest BCUT2D eigenvalue weighted by Gasteiger charge is -2.35. The second-order valence-corrected chi connectivity index (χ2v) is 8.08. The van der Waals surface area contributed by atoms with Gasteiger partial charge < -0.3 is 5.32 Å². The SMILES string of the molecule is C=CC(=O)n1nc(NC2CC2)c2c1CC(c1cccc(F)c1)(c1cccc(F)c1)C=C2. The lowest BCUT2D eigenvalue weighted by atomic mass is 9.68. The highest BCUT2D eigenvalue weighted by molar-refractivity contribution is 5.91. The molecule has 3 aromatic rings. The highest BCUT2D eigenvalue weighted by Gasteiger charge is 2.39. The van der Waals surface area contributed by atoms with E-state index in [1.165, 1.54) is 35.0 Å². The molecule has 5 rings (SSSR count). The van der Waals surface area contributed by atoms with Crippen molar-refractivity contribution < 1.29 is 13.6 Å². The molecule has 1 N–H and O–H groups in total. The molecule has 2 aliphatic rings. The molecule has 31 heavy (non-hydrogen) atoms. The lowest BCUT2D eigenvalue weighted by molar-refractivity contribution is 0.0950. The number of allylic oxidation sites excluding steroid dienone is 2. The van der Waals surface area contributed by atoms with Crippen LogP contribution >= 0.6 is 0 Å². The summed E-state index contributed by atoms with van der Waals surface area (Å²) in [6.45, 7) is 3.60. The predicted molar refractivity (Wildman–Crippen MR) is 116 cm³/mol. The number of anilines is 1. The monoisotopic (exact) mass is 417 g/mol. The summed E-state index contributed by atoms with van der Waals surface area (Å²) >= 11 is 0. The molecule has 2 aromatic carbocycles. The molecule has 0 atom stereocenters. The van der Waals surface area contributed by atoms with Crippen LogP contribution in [0.15, 0.2) is 67.3 Å². The number of hydrogen-bond acceptors (Lipinski definition) is 3. The molecule has 0 unspecified atom stereocenters. The van der Waals surface area contributed by atoms with Gasteiger partial charge in [0.15, 0.2) is 5.82 Å². The minimum Gasteiger partial charge on any atom is -0.365 e. The van der Waals surface area contributed by atoms with Gasteiger partial charge >= 0.3 is 0 Å². The van der Waals surface area contributed by atoms with E-state index < -0.39 is 5.41 Å². The molecule has 0 amide bonds. The van der Waals surface area contributed by atoms with Crippen LogP contribution in [-0.2, 0) is 11.8 Å². The molecular formula is C25H21F2N3O. The summed E-state index contributed by atoms with van der Waals surface area (Å²) < 4.78 is 29.8. The first-order valence-corrected chi connectivity index (χ1v) is 10.3. The normalized spacial score (nSPS) is 16.6. The Hall–Kier alpha value is -3.54. The number of benzene rings is 2. The Morgan fingerprint density at radius 3 is 2.32 bits per heavy atom. The number of carbonyl (C=O) groups is 1. The first kappa shape index (κ1) is 19.4. The Kier molecular flexibility index (Phi) is 4.58. The highest BCUT2D eigenvalue weighted by Crippen LogP contribution is 2.44. The zero-order valence-electron chi connectivity index (χ0n) is 16.8. The number of hydrogen-bond donors (Lipinski definition) is 1. The second kappa shape index (κ2) is 7.30. The van der Waals surface area contributed by atoms with Crippen molar-refractivity contribution >= 4 is 17.8 Å². The molecule has 0 saturated heterocycles. The molecule has 1 aromatic heterocycles. The second-order valence-electron chi connectivity index (χ2n) is 8.08. The first-order valence-electron chi connectivity index (χ1n) is 10.3. The van der Waals surface area contributed by atoms with Crippen LogP contribution in [0.1, 0.15) is 40.0 Å². The molecule has 1 saturated carbocycles. The van der Waals surface area contributed by atoms with E-state index in [1.807, 2.05) is 24.3 Å². The Morgan fingerprint density at radius 1 is 1.13 bits per heavy atom. The van der Waals surface area contributed by atoms with E-state index in [4.69, 9.17) is 0 Å². The summed E-state index contributed by atoms with van der Waals surface area (Å²) in [5.74, 6) is -0.447. The van der Waals surface area contributed by atoms with Crippen molar-refractivity contribution in [1.82, 2.24) is 9.78 Å². The third kappa shape index (κ3) is 3.38. The fraction of sp³-hybridized carbons (Fsp3) is 0.200. The third-order valence-electron chi connectivity index (χ3n) is 5.98. The third-order valence-corrected chi connectivity index (χ3v) is 5.98. The fourth-order valence-electron chi connectivity index (χ4n) is 4.25. The van der Waals surface area contributed by atoms with Gasteiger partial charge in [-0.05, 0) is 54.3 Å². The van der Waals surface area contributed by atoms with Crippen molar-refractivity contribution in [2.45, 2.75) is 30.7 Å². The van der Waals surface area contributed by atoms with Gasteiger partial charge in [-0.2, -0.15) is 4.68 Å². The van der Waals surface area contributed by atoms with Crippen LogP contribution in [0.25, 0.3) is 6.08 Å². The van der Waals surface area contributed by atoms with Gasteiger partial charge in [0.2, 0.25) is 0 Å². The van der Waals surface area contributed by atoms with E-state index in [-0.39, 0.29) is 17.5 Å². The maximum Gasteiger partial charge on any atom is 0.270 e. The van der Waals surface area contributed by atoms with E-state index in [9.17, 15) is 13.6 Å².